The highest BCUT2D eigenvalue weighted by Gasteiger charge is 2.27. The molecule has 1 heterocycles. The predicted octanol–water partition coefficient (Wildman–Crippen LogP) is 3.03. The molecular formula is C21H23ClN4O5S. The molecule has 0 atom stereocenters. The van der Waals surface area contributed by atoms with E-state index in [0.29, 0.717) is 10.7 Å². The van der Waals surface area contributed by atoms with E-state index < -0.39 is 15.9 Å². The van der Waals surface area contributed by atoms with E-state index in [1.807, 2.05) is 6.92 Å². The topological polar surface area (TPSA) is 108 Å². The van der Waals surface area contributed by atoms with Crippen LogP contribution in [0.15, 0.2) is 46.4 Å². The fraction of sp³-hybridized carbons (Fsp3) is 0.286. The second-order valence-corrected chi connectivity index (χ2v) is 9.82. The lowest BCUT2D eigenvalue weighted by Crippen LogP contribution is -2.36. The summed E-state index contributed by atoms with van der Waals surface area (Å²) >= 11 is 6.16. The van der Waals surface area contributed by atoms with Crippen LogP contribution in [0.25, 0.3) is 0 Å². The van der Waals surface area contributed by atoms with Gasteiger partial charge in [-0.25, -0.2) is 17.7 Å². The summed E-state index contributed by atoms with van der Waals surface area (Å²) in [5, 5.41) is 8.49. The number of rotatable bonds is 6. The number of aryl methyl sites for hydroxylation is 1. The molecule has 0 saturated heterocycles. The molecule has 0 spiro atoms. The summed E-state index contributed by atoms with van der Waals surface area (Å²) in [5.74, 6) is -0.649. The second kappa shape index (κ2) is 9.27. The van der Waals surface area contributed by atoms with Crippen molar-refractivity contribution >= 4 is 50.5 Å². The number of ether oxygens (including phenoxy) is 1. The summed E-state index contributed by atoms with van der Waals surface area (Å²) in [6.07, 6.45) is 0.250. The van der Waals surface area contributed by atoms with Crippen molar-refractivity contribution in [2.45, 2.75) is 24.7 Å². The molecule has 170 valence electrons. The number of hydrogen-bond acceptors (Lipinski definition) is 6. The van der Waals surface area contributed by atoms with Crippen molar-refractivity contribution in [3.8, 4) is 5.75 Å². The Hall–Kier alpha value is -2.95. The maximum Gasteiger partial charge on any atom is 0.271 e. The number of anilines is 2. The molecule has 0 radical (unpaired) electrons. The normalized spacial score (nSPS) is 14.4. The first kappa shape index (κ1) is 23.7. The minimum Gasteiger partial charge on any atom is -0.495 e. The average Bonchev–Trinajstić information content (AvgIpc) is 2.75. The zero-order valence-corrected chi connectivity index (χ0v) is 19.6. The van der Waals surface area contributed by atoms with E-state index in [0.717, 1.165) is 14.9 Å². The predicted molar refractivity (Wildman–Crippen MR) is 123 cm³/mol. The molecule has 9 nitrogen and oxygen atoms in total. The van der Waals surface area contributed by atoms with E-state index >= 15 is 0 Å². The molecule has 0 aromatic heterocycles. The van der Waals surface area contributed by atoms with Gasteiger partial charge in [-0.05, 0) is 42.8 Å². The number of nitrogens with zero attached hydrogens (tertiary/aromatic N) is 3. The number of hydrogen-bond donors (Lipinski definition) is 1. The van der Waals surface area contributed by atoms with Gasteiger partial charge in [0.05, 0.1) is 12.8 Å². The summed E-state index contributed by atoms with van der Waals surface area (Å²) in [7, 11) is 0.367. The lowest BCUT2D eigenvalue weighted by atomic mass is 10.1. The molecule has 1 aliphatic heterocycles. The molecule has 11 heteroatoms. The van der Waals surface area contributed by atoms with E-state index in [1.54, 1.807) is 18.2 Å². The van der Waals surface area contributed by atoms with Crippen LogP contribution < -0.4 is 15.1 Å². The first-order valence-corrected chi connectivity index (χ1v) is 11.4. The number of nitrogens with one attached hydrogen (secondary N) is 1. The zero-order chi connectivity index (χ0) is 23.6. The Labute approximate surface area is 191 Å². The van der Waals surface area contributed by atoms with Crippen molar-refractivity contribution in [2.24, 2.45) is 5.10 Å². The van der Waals surface area contributed by atoms with Crippen LogP contribution in [-0.4, -0.2) is 51.5 Å². The number of carbonyl (C=O) groups excluding carboxylic acids is 2. The Morgan fingerprint density at radius 3 is 2.53 bits per heavy atom. The maximum atomic E-state index is 12.8. The second-order valence-electron chi connectivity index (χ2n) is 7.29. The summed E-state index contributed by atoms with van der Waals surface area (Å²) in [4.78, 5) is 25.1. The number of methoxy groups -OCH3 is 1. The Morgan fingerprint density at radius 1 is 1.19 bits per heavy atom. The van der Waals surface area contributed by atoms with Crippen LogP contribution in [0.5, 0.6) is 5.75 Å². The fourth-order valence-corrected chi connectivity index (χ4v) is 4.24. The minimum absolute atomic E-state index is 0.0838. The van der Waals surface area contributed by atoms with Crippen LogP contribution in [0.4, 0.5) is 11.4 Å². The monoisotopic (exact) mass is 478 g/mol. The van der Waals surface area contributed by atoms with E-state index in [4.69, 9.17) is 16.3 Å². The van der Waals surface area contributed by atoms with Gasteiger partial charge >= 0.3 is 0 Å². The Kier molecular flexibility index (Phi) is 6.87. The Morgan fingerprint density at radius 2 is 1.91 bits per heavy atom. The lowest BCUT2D eigenvalue weighted by Gasteiger charge is -2.23. The van der Waals surface area contributed by atoms with Gasteiger partial charge in [-0.1, -0.05) is 17.7 Å². The fourth-order valence-electron chi connectivity index (χ4n) is 2.99. The van der Waals surface area contributed by atoms with E-state index in [9.17, 15) is 18.0 Å². The summed E-state index contributed by atoms with van der Waals surface area (Å²) in [6, 6.07) is 9.37. The first-order chi connectivity index (χ1) is 15.0. The Balaban J connectivity index is 1.89. The number of halogens is 1. The van der Waals surface area contributed by atoms with Crippen molar-refractivity contribution < 1.29 is 22.7 Å². The van der Waals surface area contributed by atoms with Crippen molar-refractivity contribution in [3.05, 3.63) is 47.0 Å². The molecule has 1 N–H and O–H groups in total. The lowest BCUT2D eigenvalue weighted by molar-refractivity contribution is -0.118. The highest BCUT2D eigenvalue weighted by Crippen LogP contribution is 2.29. The molecular weight excluding hydrogens is 456 g/mol. The van der Waals surface area contributed by atoms with Crippen LogP contribution in [-0.2, 0) is 19.6 Å². The van der Waals surface area contributed by atoms with Crippen LogP contribution in [0, 0.1) is 6.92 Å². The highest BCUT2D eigenvalue weighted by molar-refractivity contribution is 7.89. The molecule has 0 bridgehead atoms. The molecule has 2 amide bonds. The number of amides is 2. The number of benzene rings is 2. The van der Waals surface area contributed by atoms with Crippen LogP contribution >= 0.6 is 11.6 Å². The summed E-state index contributed by atoms with van der Waals surface area (Å²) in [5.41, 5.74) is 1.69. The van der Waals surface area contributed by atoms with Gasteiger partial charge in [-0.2, -0.15) is 5.10 Å². The van der Waals surface area contributed by atoms with Gasteiger partial charge in [0.15, 0.2) is 0 Å². The van der Waals surface area contributed by atoms with Gasteiger partial charge in [0.2, 0.25) is 15.9 Å². The van der Waals surface area contributed by atoms with Gasteiger partial charge in [0, 0.05) is 37.6 Å². The molecule has 0 saturated carbocycles. The molecule has 32 heavy (non-hydrogen) atoms. The Bertz CT molecular complexity index is 1210. The largest absolute Gasteiger partial charge is 0.495 e. The van der Waals surface area contributed by atoms with Gasteiger partial charge < -0.3 is 10.1 Å². The standard InChI is InChI=1S/C21H23ClN4O5S/c1-13-5-7-15(12-16(13)22)26-20(27)10-8-17(24-26)21(28)23-14-6-9-18(31-4)19(11-14)32(29,30)25(2)3/h5-7,9,11-12H,8,10H2,1-4H3,(H,23,28). The third-order valence-electron chi connectivity index (χ3n) is 4.87. The van der Waals surface area contributed by atoms with Crippen molar-refractivity contribution in [2.75, 3.05) is 31.5 Å². The molecule has 1 aliphatic rings. The quantitative estimate of drug-likeness (QED) is 0.686. The van der Waals surface area contributed by atoms with Gasteiger partial charge in [0.1, 0.15) is 16.4 Å². The zero-order valence-electron chi connectivity index (χ0n) is 18.0. The average molecular weight is 479 g/mol. The minimum atomic E-state index is -3.80. The smallest absolute Gasteiger partial charge is 0.271 e. The van der Waals surface area contributed by atoms with Crippen molar-refractivity contribution in [3.63, 3.8) is 0 Å². The SMILES string of the molecule is COc1ccc(NC(=O)C2=NN(c3ccc(C)c(Cl)c3)C(=O)CC2)cc1S(=O)(=O)N(C)C. The van der Waals surface area contributed by atoms with Gasteiger partial charge in [-0.3, -0.25) is 9.59 Å². The van der Waals surface area contributed by atoms with Gasteiger partial charge in [-0.15, -0.1) is 0 Å². The highest BCUT2D eigenvalue weighted by atomic mass is 35.5. The maximum absolute atomic E-state index is 12.8. The molecule has 0 aliphatic carbocycles. The number of sulfonamides is 1. The van der Waals surface area contributed by atoms with E-state index in [1.165, 1.54) is 39.4 Å². The van der Waals surface area contributed by atoms with Crippen molar-refractivity contribution in [1.29, 1.82) is 0 Å². The summed E-state index contributed by atoms with van der Waals surface area (Å²) in [6.45, 7) is 1.84. The van der Waals surface area contributed by atoms with Crippen LogP contribution in [0.1, 0.15) is 18.4 Å². The first-order valence-electron chi connectivity index (χ1n) is 9.63. The van der Waals surface area contributed by atoms with Crippen LogP contribution in [0.3, 0.4) is 0 Å². The number of carbonyl (C=O) groups is 2. The molecule has 2 aromatic rings. The van der Waals surface area contributed by atoms with Crippen molar-refractivity contribution in [1.82, 2.24) is 4.31 Å². The third-order valence-corrected chi connectivity index (χ3v) is 7.12. The molecule has 2 aromatic carbocycles. The molecule has 0 fully saturated rings. The molecule has 0 unspecified atom stereocenters. The van der Waals surface area contributed by atoms with E-state index in [2.05, 4.69) is 10.4 Å². The van der Waals surface area contributed by atoms with E-state index in [-0.39, 0.29) is 40.8 Å². The van der Waals surface area contributed by atoms with Crippen LogP contribution in [0.2, 0.25) is 5.02 Å². The summed E-state index contributed by atoms with van der Waals surface area (Å²) < 4.78 is 31.4. The number of hydrazone groups is 1. The third kappa shape index (κ3) is 4.77. The molecule has 3 rings (SSSR count). The van der Waals surface area contributed by atoms with Gasteiger partial charge in [0.25, 0.3) is 5.91 Å².